The monoisotopic (exact) mass is 279 g/mol. The lowest BCUT2D eigenvalue weighted by Gasteiger charge is -2.33. The molecule has 0 spiro atoms. The third kappa shape index (κ3) is 2.74. The van der Waals surface area contributed by atoms with Gasteiger partial charge in [-0.2, -0.15) is 0 Å². The van der Waals surface area contributed by atoms with Crippen LogP contribution in [0.5, 0.6) is 0 Å². The largest absolute Gasteiger partial charge is 0.296 e. The summed E-state index contributed by atoms with van der Waals surface area (Å²) in [6.07, 6.45) is 2.31. The molecule has 0 radical (unpaired) electrons. The first-order chi connectivity index (χ1) is 7.66. The second-order valence-corrected chi connectivity index (χ2v) is 5.43. The molecule has 1 aromatic rings. The summed E-state index contributed by atoms with van der Waals surface area (Å²) in [6, 6.07) is 9.17. The Labute approximate surface area is 106 Å². The predicted molar refractivity (Wildman–Crippen MR) is 72.5 cm³/mol. The van der Waals surface area contributed by atoms with Gasteiger partial charge in [-0.25, -0.2) is 0 Å². The van der Waals surface area contributed by atoms with Crippen LogP contribution in [0, 0.1) is 0 Å². The minimum atomic E-state index is 0.515. The first kappa shape index (κ1) is 11.9. The maximum absolute atomic E-state index is 4.06. The highest BCUT2D eigenvalue weighted by atomic mass is 79.9. The van der Waals surface area contributed by atoms with Crippen LogP contribution < -0.4 is 0 Å². The number of likely N-dealkylation sites (tertiary alicyclic amines) is 1. The zero-order valence-corrected chi connectivity index (χ0v) is 11.3. The summed E-state index contributed by atoms with van der Waals surface area (Å²) in [7, 11) is 0. The lowest BCUT2D eigenvalue weighted by Crippen LogP contribution is -2.32. The second kappa shape index (κ2) is 5.15. The molecule has 2 rings (SSSR count). The van der Waals surface area contributed by atoms with Crippen LogP contribution in [-0.4, -0.2) is 18.0 Å². The van der Waals surface area contributed by atoms with E-state index >= 15 is 0 Å². The van der Waals surface area contributed by atoms with E-state index in [0.29, 0.717) is 6.04 Å². The summed E-state index contributed by atoms with van der Waals surface area (Å²) in [6.45, 7) is 8.65. The third-order valence-electron chi connectivity index (χ3n) is 3.41. The Hall–Kier alpha value is -0.600. The van der Waals surface area contributed by atoms with E-state index in [9.17, 15) is 0 Å². The maximum Gasteiger partial charge on any atom is 0.0320 e. The molecule has 1 heterocycles. The molecule has 1 atom stereocenters. The van der Waals surface area contributed by atoms with Crippen molar-refractivity contribution in [3.05, 3.63) is 46.5 Å². The van der Waals surface area contributed by atoms with Crippen LogP contribution >= 0.6 is 15.9 Å². The summed E-state index contributed by atoms with van der Waals surface area (Å²) in [4.78, 5) is 2.54. The molecule has 2 heteroatoms. The highest BCUT2D eigenvalue weighted by Crippen LogP contribution is 2.26. The Morgan fingerprint density at radius 1 is 1.19 bits per heavy atom. The van der Waals surface area contributed by atoms with Gasteiger partial charge in [-0.1, -0.05) is 40.2 Å². The van der Waals surface area contributed by atoms with Crippen molar-refractivity contribution in [1.29, 1.82) is 0 Å². The molecule has 86 valence electrons. The molecule has 1 fully saturated rings. The number of nitrogens with zero attached hydrogens (tertiary/aromatic N) is 1. The minimum Gasteiger partial charge on any atom is -0.296 e. The molecule has 1 unspecified atom stereocenters. The second-order valence-electron chi connectivity index (χ2n) is 4.51. The van der Waals surface area contributed by atoms with Gasteiger partial charge in [0.2, 0.25) is 0 Å². The average Bonchev–Trinajstić information content (AvgIpc) is 2.30. The van der Waals surface area contributed by atoms with Gasteiger partial charge in [0, 0.05) is 23.6 Å². The molecule has 0 N–H and O–H groups in total. The summed E-state index contributed by atoms with van der Waals surface area (Å²) < 4.78 is 1.15. The smallest absolute Gasteiger partial charge is 0.0320 e. The fourth-order valence-corrected chi connectivity index (χ4v) is 2.44. The quantitative estimate of drug-likeness (QED) is 0.735. The first-order valence-electron chi connectivity index (χ1n) is 5.83. The number of hydrogen-bond acceptors (Lipinski definition) is 1. The Balaban J connectivity index is 2.04. The van der Waals surface area contributed by atoms with Gasteiger partial charge in [-0.05, 0) is 37.5 Å². The van der Waals surface area contributed by atoms with Crippen LogP contribution in [0.4, 0.5) is 0 Å². The average molecular weight is 280 g/mol. The van der Waals surface area contributed by atoms with Crippen LogP contribution in [0.3, 0.4) is 0 Å². The van der Waals surface area contributed by atoms with E-state index in [2.05, 4.69) is 58.6 Å². The molecule has 1 saturated heterocycles. The van der Waals surface area contributed by atoms with Gasteiger partial charge in [-0.15, -0.1) is 0 Å². The van der Waals surface area contributed by atoms with Crippen molar-refractivity contribution >= 4 is 15.9 Å². The van der Waals surface area contributed by atoms with Crippen LogP contribution in [0.2, 0.25) is 0 Å². The molecule has 1 aromatic carbocycles. The predicted octanol–water partition coefficient (Wildman–Crippen LogP) is 4.16. The zero-order chi connectivity index (χ0) is 11.5. The fraction of sp³-hybridized carbons (Fsp3) is 0.429. The lowest BCUT2D eigenvalue weighted by atomic mass is 10.0. The van der Waals surface area contributed by atoms with Gasteiger partial charge in [0.05, 0.1) is 0 Å². The number of benzene rings is 1. The molecule has 1 aliphatic heterocycles. The van der Waals surface area contributed by atoms with Gasteiger partial charge in [0.15, 0.2) is 0 Å². The van der Waals surface area contributed by atoms with Gasteiger partial charge in [0.25, 0.3) is 0 Å². The van der Waals surface area contributed by atoms with Gasteiger partial charge >= 0.3 is 0 Å². The van der Waals surface area contributed by atoms with Gasteiger partial charge in [-0.3, -0.25) is 4.90 Å². The highest BCUT2D eigenvalue weighted by Gasteiger charge is 2.19. The van der Waals surface area contributed by atoms with Crippen LogP contribution in [0.1, 0.15) is 31.4 Å². The van der Waals surface area contributed by atoms with Gasteiger partial charge < -0.3 is 0 Å². The highest BCUT2D eigenvalue weighted by molar-refractivity contribution is 9.10. The molecular formula is C14H18BrN. The van der Waals surface area contributed by atoms with Crippen LogP contribution in [0.25, 0.3) is 0 Å². The molecule has 0 bridgehead atoms. The molecule has 0 aromatic heterocycles. The Bertz CT molecular complexity index is 359. The van der Waals surface area contributed by atoms with Crippen molar-refractivity contribution in [2.75, 3.05) is 13.1 Å². The lowest BCUT2D eigenvalue weighted by molar-refractivity contribution is 0.196. The van der Waals surface area contributed by atoms with E-state index in [1.807, 2.05) is 0 Å². The van der Waals surface area contributed by atoms with Crippen molar-refractivity contribution in [3.63, 3.8) is 0 Å². The fourth-order valence-electron chi connectivity index (χ4n) is 2.18. The van der Waals surface area contributed by atoms with Crippen molar-refractivity contribution < 1.29 is 0 Å². The first-order valence-corrected chi connectivity index (χ1v) is 6.62. The van der Waals surface area contributed by atoms with E-state index in [-0.39, 0.29) is 0 Å². The molecule has 0 saturated carbocycles. The Morgan fingerprint density at radius 3 is 2.31 bits per heavy atom. The van der Waals surface area contributed by atoms with Gasteiger partial charge in [0.1, 0.15) is 0 Å². The minimum absolute atomic E-state index is 0.515. The topological polar surface area (TPSA) is 3.24 Å². The Morgan fingerprint density at radius 2 is 1.75 bits per heavy atom. The molecule has 1 aliphatic rings. The zero-order valence-electron chi connectivity index (χ0n) is 9.75. The number of hydrogen-bond donors (Lipinski definition) is 0. The van der Waals surface area contributed by atoms with E-state index in [4.69, 9.17) is 0 Å². The number of halogens is 1. The summed E-state index contributed by atoms with van der Waals surface area (Å²) in [5, 5.41) is 0. The van der Waals surface area contributed by atoms with Crippen LogP contribution in [-0.2, 0) is 0 Å². The summed E-state index contributed by atoms with van der Waals surface area (Å²) >= 11 is 3.47. The number of rotatable bonds is 2. The molecule has 0 aliphatic carbocycles. The van der Waals surface area contributed by atoms with E-state index in [1.165, 1.54) is 11.1 Å². The standard InChI is InChI=1S/C14H18BrN/c1-11-7-9-16(10-8-11)12(2)13-3-5-14(15)6-4-13/h3-6,12H,1,7-10H2,2H3. The molecule has 1 nitrogen and oxygen atoms in total. The molecule has 16 heavy (non-hydrogen) atoms. The van der Waals surface area contributed by atoms with E-state index in [1.54, 1.807) is 0 Å². The molecule has 0 amide bonds. The van der Waals surface area contributed by atoms with Crippen molar-refractivity contribution in [2.24, 2.45) is 0 Å². The normalized spacial score (nSPS) is 19.8. The number of piperidine rings is 1. The summed E-state index contributed by atoms with van der Waals surface area (Å²) in [5.74, 6) is 0. The molecular weight excluding hydrogens is 262 g/mol. The van der Waals surface area contributed by atoms with Crippen LogP contribution in [0.15, 0.2) is 40.9 Å². The van der Waals surface area contributed by atoms with Crippen molar-refractivity contribution in [3.8, 4) is 0 Å². The van der Waals surface area contributed by atoms with E-state index < -0.39 is 0 Å². The SMILES string of the molecule is C=C1CCN(C(C)c2ccc(Br)cc2)CC1. The van der Waals surface area contributed by atoms with Crippen molar-refractivity contribution in [2.45, 2.75) is 25.8 Å². The third-order valence-corrected chi connectivity index (χ3v) is 3.93. The maximum atomic E-state index is 4.06. The Kier molecular flexibility index (Phi) is 3.82. The van der Waals surface area contributed by atoms with Crippen molar-refractivity contribution in [1.82, 2.24) is 4.90 Å². The van der Waals surface area contributed by atoms with E-state index in [0.717, 1.165) is 30.4 Å². The summed E-state index contributed by atoms with van der Waals surface area (Å²) in [5.41, 5.74) is 2.80.